The van der Waals surface area contributed by atoms with E-state index in [0.29, 0.717) is 13.1 Å². The molecule has 2 aromatic rings. The molecule has 1 aliphatic heterocycles. The monoisotopic (exact) mass is 256 g/mol. The molecule has 3 rings (SSSR count). The van der Waals surface area contributed by atoms with Gasteiger partial charge in [-0.25, -0.2) is 4.79 Å². The molecule has 1 aliphatic rings. The molecular formula is C15H16N2O2. The number of nitrogens with one attached hydrogen (secondary N) is 1. The molecule has 1 amide bonds. The molecule has 1 aromatic carbocycles. The van der Waals surface area contributed by atoms with E-state index in [4.69, 9.17) is 4.74 Å². The maximum absolute atomic E-state index is 11.6. The molecular weight excluding hydrogens is 240 g/mol. The standard InChI is InChI=1S/C15H16N2O2/c1-2-12-10-17(15(18)19-12)8-7-11-9-16-14-6-4-3-5-13(11)14/h2-6,9,12,16H,1,7-8,10H2. The molecule has 1 aromatic heterocycles. The first kappa shape index (κ1) is 11.8. The van der Waals surface area contributed by atoms with Crippen LogP contribution in [0.1, 0.15) is 5.56 Å². The zero-order valence-electron chi connectivity index (χ0n) is 10.6. The van der Waals surface area contributed by atoms with Gasteiger partial charge in [-0.3, -0.25) is 0 Å². The van der Waals surface area contributed by atoms with Crippen molar-refractivity contribution in [3.63, 3.8) is 0 Å². The van der Waals surface area contributed by atoms with Crippen LogP contribution >= 0.6 is 0 Å². The predicted octanol–water partition coefficient (Wildman–Crippen LogP) is 2.72. The number of amides is 1. The summed E-state index contributed by atoms with van der Waals surface area (Å²) in [5.41, 5.74) is 2.36. The molecule has 2 heterocycles. The van der Waals surface area contributed by atoms with Crippen molar-refractivity contribution >= 4 is 17.0 Å². The molecule has 0 radical (unpaired) electrons. The highest BCUT2D eigenvalue weighted by Gasteiger charge is 2.28. The molecule has 4 nitrogen and oxygen atoms in total. The smallest absolute Gasteiger partial charge is 0.410 e. The molecule has 1 atom stereocenters. The summed E-state index contributed by atoms with van der Waals surface area (Å²) >= 11 is 0. The number of H-pyrrole nitrogens is 1. The molecule has 0 spiro atoms. The molecule has 0 aliphatic carbocycles. The maximum Gasteiger partial charge on any atom is 0.410 e. The minimum atomic E-state index is -0.246. The minimum Gasteiger partial charge on any atom is -0.440 e. The normalized spacial score (nSPS) is 18.8. The molecule has 0 bridgehead atoms. The number of benzene rings is 1. The average molecular weight is 256 g/mol. The number of carbonyl (C=O) groups excluding carboxylic acids is 1. The van der Waals surface area contributed by atoms with Crippen molar-refractivity contribution in [2.75, 3.05) is 13.1 Å². The summed E-state index contributed by atoms with van der Waals surface area (Å²) in [6.07, 6.45) is 4.09. The fourth-order valence-corrected chi connectivity index (χ4v) is 2.43. The van der Waals surface area contributed by atoms with Gasteiger partial charge < -0.3 is 14.6 Å². The Balaban J connectivity index is 1.69. The summed E-state index contributed by atoms with van der Waals surface area (Å²) in [6, 6.07) is 8.18. The quantitative estimate of drug-likeness (QED) is 0.855. The summed E-state index contributed by atoms with van der Waals surface area (Å²) in [6.45, 7) is 4.93. The van der Waals surface area contributed by atoms with Gasteiger partial charge in [-0.15, -0.1) is 0 Å². The summed E-state index contributed by atoms with van der Waals surface area (Å²) in [4.78, 5) is 16.6. The van der Waals surface area contributed by atoms with Crippen LogP contribution in [0.4, 0.5) is 4.79 Å². The van der Waals surface area contributed by atoms with Crippen LogP contribution in [0.2, 0.25) is 0 Å². The van der Waals surface area contributed by atoms with Gasteiger partial charge in [-0.1, -0.05) is 24.8 Å². The van der Waals surface area contributed by atoms with Crippen molar-refractivity contribution in [1.82, 2.24) is 9.88 Å². The number of aromatic nitrogens is 1. The Morgan fingerprint density at radius 1 is 1.47 bits per heavy atom. The van der Waals surface area contributed by atoms with Gasteiger partial charge in [0.25, 0.3) is 0 Å². The number of hydrogen-bond donors (Lipinski definition) is 1. The van der Waals surface area contributed by atoms with Crippen LogP contribution in [0.15, 0.2) is 43.1 Å². The number of para-hydroxylation sites is 1. The number of rotatable bonds is 4. The van der Waals surface area contributed by atoms with E-state index in [1.807, 2.05) is 18.3 Å². The highest BCUT2D eigenvalue weighted by Crippen LogP contribution is 2.19. The molecule has 4 heteroatoms. The van der Waals surface area contributed by atoms with Gasteiger partial charge in [0.2, 0.25) is 0 Å². The summed E-state index contributed by atoms with van der Waals surface area (Å²) in [5.74, 6) is 0. The van der Waals surface area contributed by atoms with Gasteiger partial charge in [-0.05, 0) is 24.1 Å². The van der Waals surface area contributed by atoms with Gasteiger partial charge in [0.15, 0.2) is 0 Å². The lowest BCUT2D eigenvalue weighted by atomic mass is 10.1. The van der Waals surface area contributed by atoms with Crippen LogP contribution in [0, 0.1) is 0 Å². The van der Waals surface area contributed by atoms with Crippen LogP contribution in [0.3, 0.4) is 0 Å². The first-order valence-corrected chi connectivity index (χ1v) is 6.41. The molecule has 1 saturated heterocycles. The van der Waals surface area contributed by atoms with Gasteiger partial charge in [0, 0.05) is 23.6 Å². The number of cyclic esters (lactones) is 1. The number of hydrogen-bond acceptors (Lipinski definition) is 2. The highest BCUT2D eigenvalue weighted by atomic mass is 16.6. The summed E-state index contributed by atoms with van der Waals surface area (Å²) < 4.78 is 5.14. The van der Waals surface area contributed by atoms with Crippen LogP contribution < -0.4 is 0 Å². The lowest BCUT2D eigenvalue weighted by Crippen LogP contribution is -2.27. The molecule has 1 fully saturated rings. The Bertz CT molecular complexity index is 617. The van der Waals surface area contributed by atoms with E-state index in [-0.39, 0.29) is 12.2 Å². The first-order valence-electron chi connectivity index (χ1n) is 6.41. The first-order chi connectivity index (χ1) is 9.28. The minimum absolute atomic E-state index is 0.171. The van der Waals surface area contributed by atoms with Crippen molar-refractivity contribution < 1.29 is 9.53 Å². The average Bonchev–Trinajstić information content (AvgIpc) is 3.00. The molecule has 0 saturated carbocycles. The molecule has 1 unspecified atom stereocenters. The second-order valence-corrected chi connectivity index (χ2v) is 4.71. The molecule has 98 valence electrons. The SMILES string of the molecule is C=CC1CN(CCc2c[nH]c3ccccc23)C(=O)O1. The fourth-order valence-electron chi connectivity index (χ4n) is 2.43. The number of fused-ring (bicyclic) bond motifs is 1. The van der Waals surface area contributed by atoms with Gasteiger partial charge in [0.05, 0.1) is 6.54 Å². The number of aromatic amines is 1. The zero-order chi connectivity index (χ0) is 13.2. The molecule has 1 N–H and O–H groups in total. The Kier molecular flexibility index (Phi) is 2.99. The van der Waals surface area contributed by atoms with Crippen LogP contribution in [-0.4, -0.2) is 35.2 Å². The topological polar surface area (TPSA) is 45.3 Å². The molecule has 19 heavy (non-hydrogen) atoms. The fraction of sp³-hybridized carbons (Fsp3) is 0.267. The third-order valence-corrected chi connectivity index (χ3v) is 3.50. The van der Waals surface area contributed by atoms with Crippen LogP contribution in [0.5, 0.6) is 0 Å². The van der Waals surface area contributed by atoms with E-state index in [2.05, 4.69) is 23.7 Å². The number of nitrogens with zero attached hydrogens (tertiary/aromatic N) is 1. The Morgan fingerprint density at radius 3 is 3.11 bits per heavy atom. The van der Waals surface area contributed by atoms with Gasteiger partial charge in [0.1, 0.15) is 6.10 Å². The number of ether oxygens (including phenoxy) is 1. The summed E-state index contributed by atoms with van der Waals surface area (Å²) in [7, 11) is 0. The highest BCUT2D eigenvalue weighted by molar-refractivity contribution is 5.83. The summed E-state index contributed by atoms with van der Waals surface area (Å²) in [5, 5.41) is 1.22. The van der Waals surface area contributed by atoms with Gasteiger partial charge in [-0.2, -0.15) is 0 Å². The van der Waals surface area contributed by atoms with Crippen molar-refractivity contribution in [3.05, 3.63) is 48.7 Å². The second kappa shape index (κ2) is 4.80. The van der Waals surface area contributed by atoms with E-state index >= 15 is 0 Å². The zero-order valence-corrected chi connectivity index (χ0v) is 10.6. The maximum atomic E-state index is 11.6. The van der Waals surface area contributed by atoms with E-state index in [0.717, 1.165) is 11.9 Å². The lowest BCUT2D eigenvalue weighted by molar-refractivity contribution is 0.145. The van der Waals surface area contributed by atoms with E-state index in [1.165, 1.54) is 10.9 Å². The van der Waals surface area contributed by atoms with Crippen molar-refractivity contribution in [2.24, 2.45) is 0 Å². The lowest BCUT2D eigenvalue weighted by Gasteiger charge is -2.11. The third kappa shape index (κ3) is 2.21. The van der Waals surface area contributed by atoms with Crippen molar-refractivity contribution in [3.8, 4) is 0 Å². The Hall–Kier alpha value is -2.23. The predicted molar refractivity (Wildman–Crippen MR) is 74.0 cm³/mol. The third-order valence-electron chi connectivity index (χ3n) is 3.50. The largest absolute Gasteiger partial charge is 0.440 e. The second-order valence-electron chi connectivity index (χ2n) is 4.71. The van der Waals surface area contributed by atoms with Crippen molar-refractivity contribution in [1.29, 1.82) is 0 Å². The van der Waals surface area contributed by atoms with Gasteiger partial charge >= 0.3 is 6.09 Å². The van der Waals surface area contributed by atoms with E-state index < -0.39 is 0 Å². The number of carbonyl (C=O) groups is 1. The van der Waals surface area contributed by atoms with Crippen LogP contribution in [-0.2, 0) is 11.2 Å². The van der Waals surface area contributed by atoms with Crippen LogP contribution in [0.25, 0.3) is 10.9 Å². The van der Waals surface area contributed by atoms with E-state index in [9.17, 15) is 4.79 Å². The van der Waals surface area contributed by atoms with E-state index in [1.54, 1.807) is 11.0 Å². The van der Waals surface area contributed by atoms with Crippen molar-refractivity contribution in [2.45, 2.75) is 12.5 Å². The Labute approximate surface area is 111 Å². The Morgan fingerprint density at radius 2 is 2.32 bits per heavy atom.